The SMILES string of the molecule is Cc1ccc(C(=O)C2CCCN2)cc1C. The van der Waals surface area contributed by atoms with Crippen LogP contribution in [0.1, 0.15) is 34.3 Å². The Morgan fingerprint density at radius 3 is 2.73 bits per heavy atom. The van der Waals surface area contributed by atoms with Gasteiger partial charge < -0.3 is 5.32 Å². The molecule has 1 aromatic carbocycles. The Hall–Kier alpha value is -1.15. The molecule has 0 radical (unpaired) electrons. The van der Waals surface area contributed by atoms with Crippen molar-refractivity contribution in [2.75, 3.05) is 6.54 Å². The van der Waals surface area contributed by atoms with Crippen LogP contribution < -0.4 is 5.32 Å². The Balaban J connectivity index is 2.21. The molecule has 0 amide bonds. The third kappa shape index (κ3) is 2.10. The highest BCUT2D eigenvalue weighted by Crippen LogP contribution is 2.15. The van der Waals surface area contributed by atoms with Crippen LogP contribution in [0.2, 0.25) is 0 Å². The summed E-state index contributed by atoms with van der Waals surface area (Å²) in [6, 6.07) is 6.01. The van der Waals surface area contributed by atoms with Gasteiger partial charge in [0.1, 0.15) is 0 Å². The van der Waals surface area contributed by atoms with Crippen molar-refractivity contribution in [2.45, 2.75) is 32.7 Å². The maximum Gasteiger partial charge on any atom is 0.179 e. The Bertz CT molecular complexity index is 378. The number of hydrogen-bond acceptors (Lipinski definition) is 2. The molecule has 2 nitrogen and oxygen atoms in total. The normalized spacial score (nSPS) is 20.5. The molecule has 1 aliphatic heterocycles. The standard InChI is InChI=1S/C13H17NO/c1-9-5-6-11(8-10(9)2)13(15)12-4-3-7-14-12/h5-6,8,12,14H,3-4,7H2,1-2H3. The summed E-state index contributed by atoms with van der Waals surface area (Å²) >= 11 is 0. The number of hydrogen-bond donors (Lipinski definition) is 1. The number of carbonyl (C=O) groups excluding carboxylic acids is 1. The maximum absolute atomic E-state index is 12.0. The van der Waals surface area contributed by atoms with E-state index in [0.29, 0.717) is 0 Å². The molecular weight excluding hydrogens is 186 g/mol. The first-order valence-corrected chi connectivity index (χ1v) is 5.53. The Kier molecular flexibility index (Phi) is 2.87. The van der Waals surface area contributed by atoms with Crippen molar-refractivity contribution in [2.24, 2.45) is 0 Å². The van der Waals surface area contributed by atoms with Crippen LogP contribution in [0.3, 0.4) is 0 Å². The lowest BCUT2D eigenvalue weighted by Gasteiger charge is -2.10. The number of aryl methyl sites for hydroxylation is 2. The molecule has 0 aromatic heterocycles. The first-order valence-electron chi connectivity index (χ1n) is 5.53. The number of Topliss-reactive ketones (excluding diaryl/α,β-unsaturated/α-hetero) is 1. The van der Waals surface area contributed by atoms with Gasteiger partial charge in [-0.3, -0.25) is 4.79 Å². The van der Waals surface area contributed by atoms with Crippen molar-refractivity contribution in [1.29, 1.82) is 0 Å². The van der Waals surface area contributed by atoms with Gasteiger partial charge in [-0.05, 0) is 50.4 Å². The average molecular weight is 203 g/mol. The predicted octanol–water partition coefficient (Wildman–Crippen LogP) is 2.24. The van der Waals surface area contributed by atoms with Crippen molar-refractivity contribution < 1.29 is 4.79 Å². The average Bonchev–Trinajstić information content (AvgIpc) is 2.74. The van der Waals surface area contributed by atoms with Gasteiger partial charge in [0.05, 0.1) is 6.04 Å². The van der Waals surface area contributed by atoms with Gasteiger partial charge in [-0.2, -0.15) is 0 Å². The van der Waals surface area contributed by atoms with Crippen LogP contribution in [0.25, 0.3) is 0 Å². The van der Waals surface area contributed by atoms with Gasteiger partial charge in [-0.1, -0.05) is 12.1 Å². The Morgan fingerprint density at radius 2 is 2.13 bits per heavy atom. The lowest BCUT2D eigenvalue weighted by Crippen LogP contribution is -2.30. The predicted molar refractivity (Wildman–Crippen MR) is 61.3 cm³/mol. The van der Waals surface area contributed by atoms with Gasteiger partial charge >= 0.3 is 0 Å². The fraction of sp³-hybridized carbons (Fsp3) is 0.462. The number of nitrogens with one attached hydrogen (secondary N) is 1. The molecule has 1 fully saturated rings. The van der Waals surface area contributed by atoms with E-state index in [9.17, 15) is 4.79 Å². The third-order valence-corrected chi connectivity index (χ3v) is 3.17. The van der Waals surface area contributed by atoms with E-state index in [1.165, 1.54) is 11.1 Å². The molecule has 1 N–H and O–H groups in total. The quantitative estimate of drug-likeness (QED) is 0.747. The number of ketones is 1. The van der Waals surface area contributed by atoms with Gasteiger partial charge in [0.15, 0.2) is 5.78 Å². The van der Waals surface area contributed by atoms with Gasteiger partial charge in [-0.25, -0.2) is 0 Å². The minimum atomic E-state index is 0.0482. The van der Waals surface area contributed by atoms with Gasteiger partial charge in [0.2, 0.25) is 0 Å². The van der Waals surface area contributed by atoms with E-state index in [0.717, 1.165) is 24.9 Å². The molecule has 2 rings (SSSR count). The molecule has 2 heteroatoms. The molecule has 1 unspecified atom stereocenters. The summed E-state index contributed by atoms with van der Waals surface area (Å²) in [6.07, 6.45) is 2.09. The largest absolute Gasteiger partial charge is 0.307 e. The third-order valence-electron chi connectivity index (χ3n) is 3.17. The second kappa shape index (κ2) is 4.15. The van der Waals surface area contributed by atoms with Crippen LogP contribution in [-0.2, 0) is 0 Å². The summed E-state index contributed by atoms with van der Waals surface area (Å²) in [7, 11) is 0. The van der Waals surface area contributed by atoms with Crippen molar-refractivity contribution in [1.82, 2.24) is 5.32 Å². The molecule has 15 heavy (non-hydrogen) atoms. The highest BCUT2D eigenvalue weighted by Gasteiger charge is 2.23. The zero-order chi connectivity index (χ0) is 10.8. The zero-order valence-electron chi connectivity index (χ0n) is 9.34. The van der Waals surface area contributed by atoms with Crippen molar-refractivity contribution in [3.05, 3.63) is 34.9 Å². The van der Waals surface area contributed by atoms with E-state index >= 15 is 0 Å². The summed E-state index contributed by atoms with van der Waals surface area (Å²) in [5.74, 6) is 0.246. The minimum Gasteiger partial charge on any atom is -0.307 e. The van der Waals surface area contributed by atoms with E-state index in [4.69, 9.17) is 0 Å². The van der Waals surface area contributed by atoms with E-state index in [2.05, 4.69) is 12.2 Å². The topological polar surface area (TPSA) is 29.1 Å². The lowest BCUT2D eigenvalue weighted by molar-refractivity contribution is 0.0952. The monoisotopic (exact) mass is 203 g/mol. The number of benzene rings is 1. The van der Waals surface area contributed by atoms with Crippen LogP contribution in [0.5, 0.6) is 0 Å². The zero-order valence-corrected chi connectivity index (χ0v) is 9.34. The van der Waals surface area contributed by atoms with Crippen LogP contribution >= 0.6 is 0 Å². The second-order valence-electron chi connectivity index (χ2n) is 4.31. The van der Waals surface area contributed by atoms with Crippen LogP contribution in [0.4, 0.5) is 0 Å². The summed E-state index contributed by atoms with van der Waals surface area (Å²) < 4.78 is 0. The van der Waals surface area contributed by atoms with Crippen molar-refractivity contribution in [3.63, 3.8) is 0 Å². The van der Waals surface area contributed by atoms with Gasteiger partial charge in [0, 0.05) is 5.56 Å². The summed E-state index contributed by atoms with van der Waals surface area (Å²) in [6.45, 7) is 5.09. The van der Waals surface area contributed by atoms with E-state index < -0.39 is 0 Å². The molecule has 1 saturated heterocycles. The highest BCUT2D eigenvalue weighted by molar-refractivity contribution is 6.00. The molecule has 0 spiro atoms. The Morgan fingerprint density at radius 1 is 1.33 bits per heavy atom. The summed E-state index contributed by atoms with van der Waals surface area (Å²) in [5.41, 5.74) is 3.28. The minimum absolute atomic E-state index is 0.0482. The first-order chi connectivity index (χ1) is 7.18. The molecule has 0 bridgehead atoms. The molecule has 1 atom stereocenters. The van der Waals surface area contributed by atoms with E-state index in [-0.39, 0.29) is 11.8 Å². The van der Waals surface area contributed by atoms with Crippen LogP contribution in [-0.4, -0.2) is 18.4 Å². The van der Waals surface area contributed by atoms with Crippen molar-refractivity contribution in [3.8, 4) is 0 Å². The van der Waals surface area contributed by atoms with Gasteiger partial charge in [-0.15, -0.1) is 0 Å². The molecular formula is C13H17NO. The van der Waals surface area contributed by atoms with E-state index in [1.54, 1.807) is 0 Å². The lowest BCUT2D eigenvalue weighted by atomic mass is 9.99. The second-order valence-corrected chi connectivity index (χ2v) is 4.31. The molecule has 1 heterocycles. The van der Waals surface area contributed by atoms with E-state index in [1.807, 2.05) is 25.1 Å². The molecule has 1 aliphatic rings. The molecule has 0 aliphatic carbocycles. The summed E-state index contributed by atoms with van der Waals surface area (Å²) in [5, 5.41) is 3.24. The van der Waals surface area contributed by atoms with Crippen molar-refractivity contribution >= 4 is 5.78 Å². The van der Waals surface area contributed by atoms with Gasteiger partial charge in [0.25, 0.3) is 0 Å². The van der Waals surface area contributed by atoms with Crippen LogP contribution in [0, 0.1) is 13.8 Å². The fourth-order valence-electron chi connectivity index (χ4n) is 2.00. The number of rotatable bonds is 2. The number of carbonyl (C=O) groups is 1. The molecule has 0 saturated carbocycles. The van der Waals surface area contributed by atoms with Crippen LogP contribution in [0.15, 0.2) is 18.2 Å². The highest BCUT2D eigenvalue weighted by atomic mass is 16.1. The molecule has 1 aromatic rings. The first kappa shape index (κ1) is 10.4. The summed E-state index contributed by atoms with van der Waals surface area (Å²) in [4.78, 5) is 12.0. The molecule has 80 valence electrons. The smallest absolute Gasteiger partial charge is 0.179 e. The fourth-order valence-corrected chi connectivity index (χ4v) is 2.00. The Labute approximate surface area is 90.7 Å². The maximum atomic E-state index is 12.0.